The van der Waals surface area contributed by atoms with Gasteiger partial charge in [-0.2, -0.15) is 0 Å². The maximum absolute atomic E-state index is 13.3. The lowest BCUT2D eigenvalue weighted by molar-refractivity contribution is -0.154. The molecule has 1 aromatic rings. The number of hydrogen-bond donors (Lipinski definition) is 2. The largest absolute Gasteiger partial charge is 0.458 e. The summed E-state index contributed by atoms with van der Waals surface area (Å²) in [5.74, 6) is -1.41. The summed E-state index contributed by atoms with van der Waals surface area (Å²) in [6, 6.07) is 5.59. The van der Waals surface area contributed by atoms with Crippen molar-refractivity contribution in [3.8, 4) is 0 Å². The second kappa shape index (κ2) is 13.0. The molecule has 0 amide bonds. The van der Waals surface area contributed by atoms with Crippen LogP contribution in [0.15, 0.2) is 42.1 Å². The normalized spacial score (nSPS) is 31.6. The molecule has 188 valence electrons. The van der Waals surface area contributed by atoms with Crippen molar-refractivity contribution in [1.82, 2.24) is 4.98 Å². The van der Waals surface area contributed by atoms with Gasteiger partial charge in [0.15, 0.2) is 0 Å². The number of Topliss-reactive ketones (excluding diaryl/α,β-unsaturated/α-hetero) is 1. The highest BCUT2D eigenvalue weighted by atomic mass is 16.5. The lowest BCUT2D eigenvalue weighted by Gasteiger charge is -2.35. The van der Waals surface area contributed by atoms with Crippen LogP contribution in [-0.4, -0.2) is 45.3 Å². The third-order valence-electron chi connectivity index (χ3n) is 6.98. The Kier molecular flexibility index (Phi) is 10.6. The number of aliphatic hydroxyl groups is 2. The van der Waals surface area contributed by atoms with Gasteiger partial charge in [0.05, 0.1) is 29.7 Å². The molecule has 0 unspecified atom stereocenters. The van der Waals surface area contributed by atoms with Gasteiger partial charge < -0.3 is 14.9 Å². The first-order chi connectivity index (χ1) is 16.1. The molecule has 1 aliphatic rings. The van der Waals surface area contributed by atoms with Gasteiger partial charge in [-0.05, 0) is 62.8 Å². The Morgan fingerprint density at radius 1 is 1.24 bits per heavy atom. The predicted molar refractivity (Wildman–Crippen MR) is 134 cm³/mol. The van der Waals surface area contributed by atoms with Crippen LogP contribution in [0.1, 0.15) is 78.8 Å². The Bertz CT molecular complexity index is 861. The summed E-state index contributed by atoms with van der Waals surface area (Å²) in [5.41, 5.74) is 0.759. The van der Waals surface area contributed by atoms with Crippen LogP contribution in [0.4, 0.5) is 0 Å². The molecule has 2 N–H and O–H groups in total. The van der Waals surface area contributed by atoms with Crippen molar-refractivity contribution in [1.29, 1.82) is 0 Å². The molecule has 1 aromatic heterocycles. The number of carbonyl (C=O) groups excluding carboxylic acids is 2. The number of esters is 1. The minimum Gasteiger partial charge on any atom is -0.458 e. The Balaban J connectivity index is 2.30. The first kappa shape index (κ1) is 27.9. The third-order valence-corrected chi connectivity index (χ3v) is 6.98. The number of cyclic esters (lactones) is 1. The van der Waals surface area contributed by atoms with Crippen molar-refractivity contribution in [3.63, 3.8) is 0 Å². The summed E-state index contributed by atoms with van der Waals surface area (Å²) in [5, 5.41) is 21.8. The minimum absolute atomic E-state index is 0.0402. The fraction of sp³-hybridized carbons (Fsp3) is 0.607. The van der Waals surface area contributed by atoms with Gasteiger partial charge in [0.25, 0.3) is 0 Å². The number of nitrogens with zero attached hydrogens (tertiary/aromatic N) is 1. The zero-order valence-corrected chi connectivity index (χ0v) is 21.2. The van der Waals surface area contributed by atoms with E-state index in [0.29, 0.717) is 12.8 Å². The monoisotopic (exact) mass is 471 g/mol. The zero-order chi connectivity index (χ0) is 25.3. The quantitative estimate of drug-likeness (QED) is 0.481. The highest BCUT2D eigenvalue weighted by Crippen LogP contribution is 2.33. The van der Waals surface area contributed by atoms with E-state index in [9.17, 15) is 19.8 Å². The number of pyridine rings is 1. The van der Waals surface area contributed by atoms with Crippen LogP contribution in [0.25, 0.3) is 6.08 Å². The lowest BCUT2D eigenvalue weighted by atomic mass is 9.71. The molecule has 0 aromatic carbocycles. The average Bonchev–Trinajstić information content (AvgIpc) is 2.80. The van der Waals surface area contributed by atoms with Crippen LogP contribution < -0.4 is 0 Å². The second-order valence-electron chi connectivity index (χ2n) is 10.1. The number of hydrogen-bond acceptors (Lipinski definition) is 6. The van der Waals surface area contributed by atoms with Gasteiger partial charge in [0.1, 0.15) is 11.9 Å². The number of ketones is 1. The van der Waals surface area contributed by atoms with Crippen molar-refractivity contribution in [2.45, 2.75) is 91.5 Å². The molecule has 0 radical (unpaired) electrons. The van der Waals surface area contributed by atoms with Gasteiger partial charge in [-0.15, -0.1) is 0 Å². The van der Waals surface area contributed by atoms with Gasteiger partial charge in [-0.25, -0.2) is 0 Å². The molecular weight excluding hydrogens is 430 g/mol. The molecule has 0 fully saturated rings. The highest BCUT2D eigenvalue weighted by molar-refractivity contribution is 5.88. The first-order valence-corrected chi connectivity index (χ1v) is 12.4. The smallest absolute Gasteiger partial charge is 0.309 e. The second-order valence-corrected chi connectivity index (χ2v) is 10.1. The van der Waals surface area contributed by atoms with Crippen molar-refractivity contribution < 1.29 is 24.5 Å². The van der Waals surface area contributed by atoms with Crippen LogP contribution >= 0.6 is 0 Å². The van der Waals surface area contributed by atoms with Crippen molar-refractivity contribution >= 4 is 17.8 Å². The molecule has 0 saturated carbocycles. The van der Waals surface area contributed by atoms with E-state index >= 15 is 0 Å². The van der Waals surface area contributed by atoms with E-state index in [1.165, 1.54) is 5.57 Å². The molecule has 0 aliphatic carbocycles. The van der Waals surface area contributed by atoms with Crippen LogP contribution in [-0.2, 0) is 14.3 Å². The van der Waals surface area contributed by atoms with E-state index < -0.39 is 35.6 Å². The Morgan fingerprint density at radius 3 is 2.62 bits per heavy atom. The molecule has 6 heteroatoms. The van der Waals surface area contributed by atoms with Crippen molar-refractivity contribution in [2.75, 3.05) is 0 Å². The van der Waals surface area contributed by atoms with Gasteiger partial charge in [-0.1, -0.05) is 45.4 Å². The van der Waals surface area contributed by atoms with Crippen molar-refractivity contribution in [2.24, 2.45) is 17.3 Å². The van der Waals surface area contributed by atoms with E-state index in [1.54, 1.807) is 26.1 Å². The highest BCUT2D eigenvalue weighted by Gasteiger charge is 2.43. The molecule has 1 aliphatic heterocycles. The van der Waals surface area contributed by atoms with Gasteiger partial charge >= 0.3 is 5.97 Å². The average molecular weight is 472 g/mol. The predicted octanol–water partition coefficient (Wildman–Crippen LogP) is 4.90. The first-order valence-electron chi connectivity index (χ1n) is 12.4. The fourth-order valence-electron chi connectivity index (χ4n) is 4.39. The van der Waals surface area contributed by atoms with Crippen LogP contribution in [0.3, 0.4) is 0 Å². The SMILES string of the molecule is CC[C@H]1C(=O)C(C)(C)[C@@H](O)CC(=O)O[C@H](C=Cc2ccccn2)C/C=C(/C)CCC[C@H](C)[C@@H]1O. The van der Waals surface area contributed by atoms with E-state index in [0.717, 1.165) is 25.0 Å². The van der Waals surface area contributed by atoms with Crippen LogP contribution in [0.2, 0.25) is 0 Å². The summed E-state index contributed by atoms with van der Waals surface area (Å²) in [6.07, 6.45) is 8.16. The summed E-state index contributed by atoms with van der Waals surface area (Å²) in [6.45, 7) is 9.18. The fourth-order valence-corrected chi connectivity index (χ4v) is 4.39. The Labute approximate surface area is 204 Å². The van der Waals surface area contributed by atoms with E-state index in [2.05, 4.69) is 18.0 Å². The van der Waals surface area contributed by atoms with E-state index in [1.807, 2.05) is 38.1 Å². The zero-order valence-electron chi connectivity index (χ0n) is 21.2. The summed E-state index contributed by atoms with van der Waals surface area (Å²) in [4.78, 5) is 30.3. The molecule has 6 nitrogen and oxygen atoms in total. The Morgan fingerprint density at radius 2 is 1.97 bits per heavy atom. The maximum atomic E-state index is 13.3. The summed E-state index contributed by atoms with van der Waals surface area (Å²) >= 11 is 0. The molecule has 0 saturated heterocycles. The van der Waals surface area contributed by atoms with E-state index in [4.69, 9.17) is 4.74 Å². The molecule has 0 spiro atoms. The van der Waals surface area contributed by atoms with E-state index in [-0.39, 0.29) is 18.1 Å². The maximum Gasteiger partial charge on any atom is 0.309 e. The minimum atomic E-state index is -1.21. The number of allylic oxidation sites excluding steroid dienone is 1. The van der Waals surface area contributed by atoms with Gasteiger partial charge in [0.2, 0.25) is 0 Å². The third kappa shape index (κ3) is 7.88. The molecular formula is C28H41NO5. The number of aromatic nitrogens is 1. The van der Waals surface area contributed by atoms with Gasteiger partial charge in [0, 0.05) is 18.5 Å². The number of ether oxygens (including phenoxy) is 1. The summed E-state index contributed by atoms with van der Waals surface area (Å²) in [7, 11) is 0. The number of aliphatic hydroxyl groups excluding tert-OH is 2. The van der Waals surface area contributed by atoms with Gasteiger partial charge in [-0.3, -0.25) is 14.6 Å². The molecule has 2 heterocycles. The number of rotatable bonds is 3. The topological polar surface area (TPSA) is 96.7 Å². The standard InChI is InChI=1S/C28H41NO5/c1-6-23-26(32)20(3)11-9-10-19(2)13-15-22(16-14-21-12-7-8-17-29-21)34-25(31)18-24(30)28(4,5)27(23)33/h7-8,12-14,16-17,20,22-24,26,30,32H,6,9-11,15,18H2,1-5H3/b16-14?,19-13-/t20-,22-,23+,24-,26-/m0/s1. The molecule has 0 bridgehead atoms. The van der Waals surface area contributed by atoms with Crippen LogP contribution in [0.5, 0.6) is 0 Å². The molecule has 5 atom stereocenters. The Hall–Kier alpha value is -2.31. The molecule has 2 rings (SSSR count). The lowest BCUT2D eigenvalue weighted by Crippen LogP contribution is -2.46. The summed E-state index contributed by atoms with van der Waals surface area (Å²) < 4.78 is 5.69. The van der Waals surface area contributed by atoms with Crippen molar-refractivity contribution in [3.05, 3.63) is 47.8 Å². The molecule has 34 heavy (non-hydrogen) atoms. The van der Waals surface area contributed by atoms with Crippen LogP contribution in [0, 0.1) is 17.3 Å². The number of carbonyl (C=O) groups is 2.